The van der Waals surface area contributed by atoms with Crippen molar-refractivity contribution < 1.29 is 28.2 Å². The predicted molar refractivity (Wildman–Crippen MR) is 114 cm³/mol. The normalized spacial score (nSPS) is 29.9. The summed E-state index contributed by atoms with van der Waals surface area (Å²) in [5, 5.41) is 0. The van der Waals surface area contributed by atoms with E-state index in [9.17, 15) is 9.59 Å². The summed E-state index contributed by atoms with van der Waals surface area (Å²) in [6.07, 6.45) is 9.25. The Morgan fingerprint density at radius 2 is 2.07 bits per heavy atom. The number of carbonyl (C=O) groups is 2. The van der Waals surface area contributed by atoms with Crippen LogP contribution in [0.25, 0.3) is 0 Å². The molecule has 0 amide bonds. The summed E-state index contributed by atoms with van der Waals surface area (Å²) in [7, 11) is 0. The summed E-state index contributed by atoms with van der Waals surface area (Å²) in [6.45, 7) is 6.52. The first-order valence-corrected chi connectivity index (χ1v) is 11.8. The van der Waals surface area contributed by atoms with Gasteiger partial charge in [-0.05, 0) is 51.9 Å². The maximum absolute atomic E-state index is 15.0. The number of hydrogen-bond acceptors (Lipinski definition) is 5. The summed E-state index contributed by atoms with van der Waals surface area (Å²) in [4.78, 5) is 24.0. The zero-order valence-electron chi connectivity index (χ0n) is 18.9. The number of unbranched alkanes of at least 4 members (excludes halogenated alkanes) is 3. The number of allylic oxidation sites excluding steroid dienone is 2. The molecular formula is C24H39FO5. The van der Waals surface area contributed by atoms with Gasteiger partial charge in [-0.25, -0.2) is 4.39 Å². The molecule has 172 valence electrons. The van der Waals surface area contributed by atoms with Crippen molar-refractivity contribution >= 4 is 11.8 Å². The predicted octanol–water partition coefficient (Wildman–Crippen LogP) is 5.31. The molecule has 0 spiro atoms. The quantitative estimate of drug-likeness (QED) is 0.227. The van der Waals surface area contributed by atoms with E-state index in [2.05, 4.69) is 0 Å². The Labute approximate surface area is 180 Å². The molecule has 3 unspecified atom stereocenters. The molecule has 0 aromatic carbocycles. The number of rotatable bonds is 13. The van der Waals surface area contributed by atoms with Gasteiger partial charge in [0.25, 0.3) is 0 Å². The van der Waals surface area contributed by atoms with E-state index < -0.39 is 12.0 Å². The van der Waals surface area contributed by atoms with Crippen LogP contribution >= 0.6 is 0 Å². The molecule has 0 radical (unpaired) electrons. The van der Waals surface area contributed by atoms with E-state index in [1.807, 2.05) is 26.0 Å². The lowest BCUT2D eigenvalue weighted by molar-refractivity contribution is -0.314. The monoisotopic (exact) mass is 426 g/mol. The molecule has 2 rings (SSSR count). The SMILES string of the molecule is CCCCC(F)C1(OCC)CCC2[C@@H](CC(=O)[C@@H]2C=CCCCCC(=O)OCC)O1. The van der Waals surface area contributed by atoms with E-state index in [0.717, 1.165) is 38.5 Å². The van der Waals surface area contributed by atoms with Crippen LogP contribution < -0.4 is 0 Å². The van der Waals surface area contributed by atoms with Gasteiger partial charge < -0.3 is 14.2 Å². The minimum Gasteiger partial charge on any atom is -0.466 e. The third kappa shape index (κ3) is 6.61. The lowest BCUT2D eigenvalue weighted by Gasteiger charge is -2.44. The standard InChI is InChI=1S/C24H39FO5/c1-4-7-13-22(25)24(29-6-3)16-15-19-18(20(26)17-21(19)30-24)12-10-8-9-11-14-23(27)28-5-2/h10,12,18-19,21-22H,4-9,11,13-17H2,1-3H3/t18-,19?,21-,22?,24?/m1/s1. The maximum Gasteiger partial charge on any atom is 0.305 e. The van der Waals surface area contributed by atoms with E-state index in [4.69, 9.17) is 14.2 Å². The first-order valence-electron chi connectivity index (χ1n) is 11.8. The molecule has 1 aliphatic carbocycles. The number of esters is 1. The molecule has 2 aliphatic rings. The summed E-state index contributed by atoms with van der Waals surface area (Å²) in [5.74, 6) is -1.24. The summed E-state index contributed by atoms with van der Waals surface area (Å²) < 4.78 is 31.9. The number of halogens is 1. The van der Waals surface area contributed by atoms with Crippen molar-refractivity contribution in [2.75, 3.05) is 13.2 Å². The summed E-state index contributed by atoms with van der Waals surface area (Å²) >= 11 is 0. The average Bonchev–Trinajstić information content (AvgIpc) is 3.03. The molecule has 0 bridgehead atoms. The van der Waals surface area contributed by atoms with Crippen LogP contribution in [0.5, 0.6) is 0 Å². The average molecular weight is 427 g/mol. The molecule has 1 aliphatic heterocycles. The first kappa shape index (κ1) is 25.0. The number of ketones is 1. The van der Waals surface area contributed by atoms with Crippen molar-refractivity contribution in [1.82, 2.24) is 0 Å². The number of Topliss-reactive ketones (excluding diaryl/α,β-unsaturated/α-hetero) is 1. The number of fused-ring (bicyclic) bond motifs is 1. The van der Waals surface area contributed by atoms with Gasteiger partial charge in [-0.3, -0.25) is 9.59 Å². The molecule has 1 saturated heterocycles. The molecular weight excluding hydrogens is 387 g/mol. The van der Waals surface area contributed by atoms with Gasteiger partial charge in [0, 0.05) is 31.8 Å². The van der Waals surface area contributed by atoms with Crippen LogP contribution in [-0.2, 0) is 23.8 Å². The smallest absolute Gasteiger partial charge is 0.305 e. The lowest BCUT2D eigenvalue weighted by Crippen LogP contribution is -2.52. The second-order valence-corrected chi connectivity index (χ2v) is 8.39. The number of ether oxygens (including phenoxy) is 3. The molecule has 1 heterocycles. The van der Waals surface area contributed by atoms with Gasteiger partial charge in [0.2, 0.25) is 0 Å². The fourth-order valence-electron chi connectivity index (χ4n) is 4.67. The van der Waals surface area contributed by atoms with E-state index in [1.54, 1.807) is 6.92 Å². The van der Waals surface area contributed by atoms with Crippen molar-refractivity contribution in [1.29, 1.82) is 0 Å². The van der Waals surface area contributed by atoms with Crippen molar-refractivity contribution in [3.05, 3.63) is 12.2 Å². The van der Waals surface area contributed by atoms with E-state index in [0.29, 0.717) is 38.9 Å². The molecule has 2 fully saturated rings. The number of carbonyl (C=O) groups excluding carboxylic acids is 2. The Morgan fingerprint density at radius 1 is 1.27 bits per heavy atom. The van der Waals surface area contributed by atoms with Gasteiger partial charge in [0.05, 0.1) is 12.7 Å². The maximum atomic E-state index is 15.0. The summed E-state index contributed by atoms with van der Waals surface area (Å²) in [6, 6.07) is 0. The number of hydrogen-bond donors (Lipinski definition) is 0. The van der Waals surface area contributed by atoms with Crippen LogP contribution in [0.3, 0.4) is 0 Å². The van der Waals surface area contributed by atoms with Crippen LogP contribution in [-0.4, -0.2) is 43.0 Å². The molecule has 5 nitrogen and oxygen atoms in total. The third-order valence-corrected chi connectivity index (χ3v) is 6.22. The summed E-state index contributed by atoms with van der Waals surface area (Å²) in [5.41, 5.74) is 0. The Balaban J connectivity index is 1.87. The molecule has 6 heteroatoms. The van der Waals surface area contributed by atoms with E-state index in [-0.39, 0.29) is 29.7 Å². The van der Waals surface area contributed by atoms with Gasteiger partial charge in [-0.15, -0.1) is 0 Å². The minimum absolute atomic E-state index is 0.0974. The van der Waals surface area contributed by atoms with Gasteiger partial charge >= 0.3 is 5.97 Å². The Bertz CT molecular complexity index is 578. The Hall–Kier alpha value is -1.27. The highest BCUT2D eigenvalue weighted by Gasteiger charge is 2.53. The zero-order chi connectivity index (χ0) is 22.0. The second-order valence-electron chi connectivity index (χ2n) is 8.39. The third-order valence-electron chi connectivity index (χ3n) is 6.22. The van der Waals surface area contributed by atoms with Crippen LogP contribution in [0.2, 0.25) is 0 Å². The van der Waals surface area contributed by atoms with Crippen LogP contribution in [0.15, 0.2) is 12.2 Å². The van der Waals surface area contributed by atoms with Gasteiger partial charge in [-0.1, -0.05) is 31.9 Å². The van der Waals surface area contributed by atoms with Crippen LogP contribution in [0.4, 0.5) is 4.39 Å². The fraction of sp³-hybridized carbons (Fsp3) is 0.833. The van der Waals surface area contributed by atoms with Crippen molar-refractivity contribution in [2.24, 2.45) is 11.8 Å². The second kappa shape index (κ2) is 12.6. The van der Waals surface area contributed by atoms with Gasteiger partial charge in [0.15, 0.2) is 12.0 Å². The topological polar surface area (TPSA) is 61.8 Å². The largest absolute Gasteiger partial charge is 0.466 e. The Morgan fingerprint density at radius 3 is 2.77 bits per heavy atom. The van der Waals surface area contributed by atoms with Crippen LogP contribution in [0, 0.1) is 11.8 Å². The van der Waals surface area contributed by atoms with Crippen LogP contribution in [0.1, 0.15) is 85.0 Å². The van der Waals surface area contributed by atoms with Crippen molar-refractivity contribution in [3.8, 4) is 0 Å². The van der Waals surface area contributed by atoms with E-state index >= 15 is 4.39 Å². The highest BCUT2D eigenvalue weighted by atomic mass is 19.1. The fourth-order valence-corrected chi connectivity index (χ4v) is 4.67. The molecule has 1 saturated carbocycles. The van der Waals surface area contributed by atoms with Crippen molar-refractivity contribution in [2.45, 2.75) is 103 Å². The van der Waals surface area contributed by atoms with Gasteiger partial charge in [-0.2, -0.15) is 0 Å². The molecule has 0 aromatic heterocycles. The Kier molecular flexibility index (Phi) is 10.5. The minimum atomic E-state index is -1.20. The first-order chi connectivity index (χ1) is 14.5. The molecule has 5 atom stereocenters. The zero-order valence-corrected chi connectivity index (χ0v) is 18.9. The molecule has 0 N–H and O–H groups in total. The highest BCUT2D eigenvalue weighted by Crippen LogP contribution is 2.46. The highest BCUT2D eigenvalue weighted by molar-refractivity contribution is 5.86. The van der Waals surface area contributed by atoms with Gasteiger partial charge in [0.1, 0.15) is 5.78 Å². The van der Waals surface area contributed by atoms with E-state index in [1.165, 1.54) is 0 Å². The lowest BCUT2D eigenvalue weighted by atomic mass is 9.83. The molecule has 0 aromatic rings. The van der Waals surface area contributed by atoms with Crippen molar-refractivity contribution in [3.63, 3.8) is 0 Å². The molecule has 30 heavy (non-hydrogen) atoms. The number of alkyl halides is 1.